The molecule has 1 aliphatic rings. The highest BCUT2D eigenvalue weighted by molar-refractivity contribution is 8.45. The van der Waals surface area contributed by atoms with Gasteiger partial charge in [0, 0.05) is 30.4 Å². The molecule has 24 heavy (non-hydrogen) atoms. The summed E-state index contributed by atoms with van der Waals surface area (Å²) < 4.78 is 6.36. The number of hydrogen-bond acceptors (Lipinski definition) is 6. The van der Waals surface area contributed by atoms with E-state index in [0.717, 1.165) is 46.6 Å². The van der Waals surface area contributed by atoms with Crippen LogP contribution in [-0.2, 0) is 4.79 Å². The van der Waals surface area contributed by atoms with E-state index in [-0.39, 0.29) is 5.12 Å². The van der Waals surface area contributed by atoms with Crippen LogP contribution in [0.25, 0.3) is 6.08 Å². The third-order valence-electron chi connectivity index (χ3n) is 3.67. The highest BCUT2D eigenvalue weighted by Crippen LogP contribution is 2.33. The van der Waals surface area contributed by atoms with Gasteiger partial charge >= 0.3 is 0 Å². The summed E-state index contributed by atoms with van der Waals surface area (Å²) in [6.07, 6.45) is 2.89. The van der Waals surface area contributed by atoms with Gasteiger partial charge in [0.25, 0.3) is 0 Å². The first-order chi connectivity index (χ1) is 11.6. The van der Waals surface area contributed by atoms with Crippen LogP contribution in [0.4, 0.5) is 5.69 Å². The van der Waals surface area contributed by atoms with Gasteiger partial charge in [0.1, 0.15) is 15.8 Å². The van der Waals surface area contributed by atoms with E-state index in [1.165, 1.54) is 11.8 Å². The molecule has 0 bridgehead atoms. The second-order valence-corrected chi connectivity index (χ2v) is 7.55. The summed E-state index contributed by atoms with van der Waals surface area (Å²) in [5.41, 5.74) is 2.49. The molecule has 2 rings (SSSR count). The maximum Gasteiger partial charge on any atom is 0.244 e. The van der Waals surface area contributed by atoms with Gasteiger partial charge in [-0.25, -0.2) is 4.99 Å². The average molecular weight is 365 g/mol. The predicted molar refractivity (Wildman–Crippen MR) is 107 cm³/mol. The van der Waals surface area contributed by atoms with Crippen LogP contribution in [0.2, 0.25) is 0 Å². The molecule has 1 aliphatic heterocycles. The molecule has 1 aromatic carbocycles. The number of carbonyl (C=O) groups is 1. The van der Waals surface area contributed by atoms with Crippen LogP contribution in [0.15, 0.2) is 28.9 Å². The van der Waals surface area contributed by atoms with Crippen molar-refractivity contribution in [2.45, 2.75) is 27.2 Å². The number of methoxy groups -OCH3 is 1. The monoisotopic (exact) mass is 364 g/mol. The number of aliphatic imine (C=N–C) groups is 1. The summed E-state index contributed by atoms with van der Waals surface area (Å²) in [5.74, 6) is 1.74. The van der Waals surface area contributed by atoms with Crippen LogP contribution < -0.4 is 9.64 Å². The highest BCUT2D eigenvalue weighted by Gasteiger charge is 2.22. The van der Waals surface area contributed by atoms with Crippen molar-refractivity contribution in [1.29, 1.82) is 0 Å². The van der Waals surface area contributed by atoms with E-state index in [4.69, 9.17) is 4.74 Å². The van der Waals surface area contributed by atoms with Gasteiger partial charge in [0.15, 0.2) is 0 Å². The van der Waals surface area contributed by atoms with Gasteiger partial charge in [0.2, 0.25) is 5.12 Å². The third-order valence-corrected chi connectivity index (χ3v) is 5.88. The Hall–Kier alpha value is -1.40. The minimum atomic E-state index is 0.00322. The molecule has 1 heterocycles. The largest absolute Gasteiger partial charge is 0.496 e. The van der Waals surface area contributed by atoms with Crippen molar-refractivity contribution in [1.82, 2.24) is 0 Å². The molecule has 0 aliphatic carbocycles. The smallest absolute Gasteiger partial charge is 0.244 e. The van der Waals surface area contributed by atoms with Crippen LogP contribution >= 0.6 is 23.5 Å². The maximum atomic E-state index is 12.1. The topological polar surface area (TPSA) is 41.9 Å². The van der Waals surface area contributed by atoms with Crippen molar-refractivity contribution < 1.29 is 9.53 Å². The molecular weight excluding hydrogens is 340 g/mol. The van der Waals surface area contributed by atoms with E-state index in [9.17, 15) is 4.79 Å². The number of ether oxygens (including phenoxy) is 1. The molecule has 0 N–H and O–H groups in total. The van der Waals surface area contributed by atoms with Crippen LogP contribution in [0, 0.1) is 0 Å². The summed E-state index contributed by atoms with van der Waals surface area (Å²) in [4.78, 5) is 18.9. The lowest BCUT2D eigenvalue weighted by molar-refractivity contribution is -0.107. The molecule has 0 saturated carbocycles. The summed E-state index contributed by atoms with van der Waals surface area (Å²) in [6.45, 7) is 8.26. The third kappa shape index (κ3) is 4.57. The molecule has 0 amide bonds. The summed E-state index contributed by atoms with van der Waals surface area (Å²) in [6, 6.07) is 6.07. The van der Waals surface area contributed by atoms with Crippen LogP contribution in [-0.4, -0.2) is 35.4 Å². The zero-order chi connectivity index (χ0) is 17.5. The van der Waals surface area contributed by atoms with Gasteiger partial charge in [0.05, 0.1) is 7.11 Å². The van der Waals surface area contributed by atoms with Gasteiger partial charge in [-0.1, -0.05) is 18.7 Å². The SMILES string of the molecule is CCCSC1=N/C(=C\c2ccc(N(CC)CC)cc2OC)C(=O)S1. The molecule has 0 unspecified atom stereocenters. The molecule has 0 spiro atoms. The number of hydrogen-bond donors (Lipinski definition) is 0. The van der Waals surface area contributed by atoms with Crippen molar-refractivity contribution >= 4 is 44.8 Å². The van der Waals surface area contributed by atoms with Crippen LogP contribution in [0.5, 0.6) is 5.75 Å². The quantitative estimate of drug-likeness (QED) is 0.659. The first-order valence-electron chi connectivity index (χ1n) is 8.21. The molecule has 130 valence electrons. The lowest BCUT2D eigenvalue weighted by atomic mass is 10.1. The summed E-state index contributed by atoms with van der Waals surface area (Å²) >= 11 is 2.86. The molecule has 0 radical (unpaired) electrons. The Morgan fingerprint density at radius 3 is 2.67 bits per heavy atom. The fraction of sp³-hybridized carbons (Fsp3) is 0.444. The van der Waals surface area contributed by atoms with E-state index >= 15 is 0 Å². The number of rotatable bonds is 7. The Labute approximate surface area is 152 Å². The molecule has 6 heteroatoms. The Balaban J connectivity index is 2.28. The van der Waals surface area contributed by atoms with Crippen molar-refractivity contribution in [3.63, 3.8) is 0 Å². The number of anilines is 1. The van der Waals surface area contributed by atoms with Crippen molar-refractivity contribution in [2.75, 3.05) is 30.9 Å². The summed E-state index contributed by atoms with van der Waals surface area (Å²) in [5, 5.41) is 0.00322. The van der Waals surface area contributed by atoms with E-state index < -0.39 is 0 Å². The number of nitrogens with zero attached hydrogens (tertiary/aromatic N) is 2. The molecule has 0 atom stereocenters. The number of carbonyl (C=O) groups excluding carboxylic acids is 1. The van der Waals surface area contributed by atoms with Gasteiger partial charge in [-0.2, -0.15) is 0 Å². The zero-order valence-electron chi connectivity index (χ0n) is 14.7. The molecular formula is C18H24N2O2S2. The Kier molecular flexibility index (Phi) is 7.24. The van der Waals surface area contributed by atoms with E-state index in [1.54, 1.807) is 18.9 Å². The second kappa shape index (κ2) is 9.18. The lowest BCUT2D eigenvalue weighted by Gasteiger charge is -2.22. The van der Waals surface area contributed by atoms with Gasteiger partial charge in [-0.15, -0.1) is 0 Å². The predicted octanol–water partition coefficient (Wildman–Crippen LogP) is 4.65. The van der Waals surface area contributed by atoms with Gasteiger partial charge < -0.3 is 9.64 Å². The lowest BCUT2D eigenvalue weighted by Crippen LogP contribution is -2.21. The molecule has 0 fully saturated rings. The van der Waals surface area contributed by atoms with Crippen LogP contribution in [0.3, 0.4) is 0 Å². The van der Waals surface area contributed by atoms with Crippen LogP contribution in [0.1, 0.15) is 32.8 Å². The normalized spacial score (nSPS) is 15.8. The maximum absolute atomic E-state index is 12.1. The van der Waals surface area contributed by atoms with Gasteiger partial charge in [-0.3, -0.25) is 4.79 Å². The molecule has 0 aromatic heterocycles. The standard InChI is InChI=1S/C18H24N2O2S2/c1-5-10-23-18-19-15(17(21)24-18)11-13-8-9-14(12-16(13)22-4)20(6-2)7-3/h8-9,11-12H,5-7,10H2,1-4H3/b15-11-. The molecule has 1 aromatic rings. The van der Waals surface area contributed by atoms with Crippen molar-refractivity contribution in [2.24, 2.45) is 4.99 Å². The Morgan fingerprint density at radius 1 is 1.29 bits per heavy atom. The van der Waals surface area contributed by atoms with E-state index in [2.05, 4.69) is 36.7 Å². The minimum absolute atomic E-state index is 0.00322. The minimum Gasteiger partial charge on any atom is -0.496 e. The van der Waals surface area contributed by atoms with Crippen molar-refractivity contribution in [3.05, 3.63) is 29.5 Å². The average Bonchev–Trinajstić information content (AvgIpc) is 2.94. The molecule has 4 nitrogen and oxygen atoms in total. The van der Waals surface area contributed by atoms with Crippen molar-refractivity contribution in [3.8, 4) is 5.75 Å². The summed E-state index contributed by atoms with van der Waals surface area (Å²) in [7, 11) is 1.65. The highest BCUT2D eigenvalue weighted by atomic mass is 32.2. The molecule has 0 saturated heterocycles. The first-order valence-corrected chi connectivity index (χ1v) is 10.0. The second-order valence-electron chi connectivity index (χ2n) is 5.24. The van der Waals surface area contributed by atoms with E-state index in [1.807, 2.05) is 18.2 Å². The fourth-order valence-electron chi connectivity index (χ4n) is 2.39. The fourth-order valence-corrected chi connectivity index (χ4v) is 4.16. The Bertz CT molecular complexity index is 652. The zero-order valence-corrected chi connectivity index (χ0v) is 16.3. The number of benzene rings is 1. The van der Waals surface area contributed by atoms with Gasteiger partial charge in [-0.05, 0) is 56.0 Å². The number of thioether (sulfide) groups is 2. The van der Waals surface area contributed by atoms with E-state index in [0.29, 0.717) is 5.70 Å². The first kappa shape index (κ1) is 18.9. The Morgan fingerprint density at radius 2 is 2.04 bits per heavy atom.